The van der Waals surface area contributed by atoms with Gasteiger partial charge in [-0.1, -0.05) is 43.7 Å². The lowest BCUT2D eigenvalue weighted by Gasteiger charge is -2.36. The van der Waals surface area contributed by atoms with Crippen molar-refractivity contribution < 1.29 is 24.1 Å². The monoisotopic (exact) mass is 378 g/mol. The van der Waals surface area contributed by atoms with Crippen molar-refractivity contribution in [2.24, 2.45) is 5.92 Å². The number of aliphatic hydroxyl groups excluding tert-OH is 1. The van der Waals surface area contributed by atoms with Crippen LogP contribution in [-0.4, -0.2) is 49.0 Å². The van der Waals surface area contributed by atoms with E-state index in [2.05, 4.69) is 26.0 Å². The normalized spacial score (nSPS) is 28.9. The molecule has 1 spiro atoms. The van der Waals surface area contributed by atoms with Crippen LogP contribution in [0.3, 0.4) is 0 Å². The van der Waals surface area contributed by atoms with Gasteiger partial charge >= 0.3 is 0 Å². The van der Waals surface area contributed by atoms with E-state index < -0.39 is 5.79 Å². The van der Waals surface area contributed by atoms with Crippen LogP contribution in [0.25, 0.3) is 0 Å². The van der Waals surface area contributed by atoms with E-state index in [9.17, 15) is 5.11 Å². The summed E-state index contributed by atoms with van der Waals surface area (Å²) in [6.07, 6.45) is 4.49. The summed E-state index contributed by atoms with van der Waals surface area (Å²) in [6.45, 7) is 6.75. The van der Waals surface area contributed by atoms with E-state index >= 15 is 0 Å². The summed E-state index contributed by atoms with van der Waals surface area (Å²) in [5, 5.41) is 9.29. The first kappa shape index (κ1) is 20.7. The number of benzene rings is 1. The molecule has 0 radical (unpaired) electrons. The number of hydrogen-bond acceptors (Lipinski definition) is 5. The number of hydrogen-bond donors (Lipinski definition) is 1. The standard InChI is InChI=1S/C22H34O5/c1-18(15-23)7-6-11-21(2)20(24-16-19-8-4-3-5-9-19)10-12-22(17-27-21)25-13-14-26-22/h3-5,8-9,18,20,23H,6-7,10-17H2,1-2H3. The Labute approximate surface area is 163 Å². The molecule has 0 bridgehead atoms. The van der Waals surface area contributed by atoms with Crippen LogP contribution in [0.1, 0.15) is 51.5 Å². The van der Waals surface area contributed by atoms with Crippen LogP contribution < -0.4 is 0 Å². The minimum atomic E-state index is -0.607. The summed E-state index contributed by atoms with van der Waals surface area (Å²) in [7, 11) is 0. The van der Waals surface area contributed by atoms with Crippen molar-refractivity contribution in [3.63, 3.8) is 0 Å². The summed E-state index contributed by atoms with van der Waals surface area (Å²) < 4.78 is 24.6. The Hall–Kier alpha value is -0.980. The summed E-state index contributed by atoms with van der Waals surface area (Å²) in [4.78, 5) is 0. The lowest BCUT2D eigenvalue weighted by atomic mass is 9.88. The second kappa shape index (κ2) is 9.48. The van der Waals surface area contributed by atoms with Crippen molar-refractivity contribution in [3.8, 4) is 0 Å². The number of ether oxygens (including phenoxy) is 4. The first-order valence-corrected chi connectivity index (χ1v) is 10.2. The molecule has 3 atom stereocenters. The maximum Gasteiger partial charge on any atom is 0.192 e. The first-order valence-electron chi connectivity index (χ1n) is 10.2. The van der Waals surface area contributed by atoms with E-state index in [4.69, 9.17) is 18.9 Å². The molecule has 0 aromatic heterocycles. The van der Waals surface area contributed by atoms with E-state index in [1.165, 1.54) is 5.56 Å². The molecule has 0 amide bonds. The molecule has 27 heavy (non-hydrogen) atoms. The minimum Gasteiger partial charge on any atom is -0.396 e. The van der Waals surface area contributed by atoms with Crippen LogP contribution in [0, 0.1) is 5.92 Å². The molecule has 152 valence electrons. The fourth-order valence-corrected chi connectivity index (χ4v) is 3.98. The van der Waals surface area contributed by atoms with Gasteiger partial charge in [0.05, 0.1) is 31.5 Å². The maximum atomic E-state index is 9.29. The van der Waals surface area contributed by atoms with E-state index in [0.29, 0.717) is 32.3 Å². The van der Waals surface area contributed by atoms with Crippen molar-refractivity contribution in [2.45, 2.75) is 70.1 Å². The Morgan fingerprint density at radius 3 is 2.63 bits per heavy atom. The molecule has 1 aromatic rings. The minimum absolute atomic E-state index is 0.0192. The van der Waals surface area contributed by atoms with Gasteiger partial charge < -0.3 is 24.1 Å². The highest BCUT2D eigenvalue weighted by Gasteiger charge is 2.47. The maximum absolute atomic E-state index is 9.29. The van der Waals surface area contributed by atoms with Gasteiger partial charge in [0, 0.05) is 13.0 Å². The zero-order valence-electron chi connectivity index (χ0n) is 16.7. The van der Waals surface area contributed by atoms with Crippen molar-refractivity contribution in [1.82, 2.24) is 0 Å². The Bertz CT molecular complexity index is 557. The summed E-state index contributed by atoms with van der Waals surface area (Å²) >= 11 is 0. The SMILES string of the molecule is CC(CO)CCCC1(C)OCC2(CCC1OCc1ccccc1)OCCO2. The molecule has 3 rings (SSSR count). The number of rotatable bonds is 8. The highest BCUT2D eigenvalue weighted by atomic mass is 16.8. The van der Waals surface area contributed by atoms with Gasteiger partial charge in [0.15, 0.2) is 5.79 Å². The van der Waals surface area contributed by atoms with Crippen LogP contribution in [0.4, 0.5) is 0 Å². The van der Waals surface area contributed by atoms with Gasteiger partial charge in [-0.2, -0.15) is 0 Å². The van der Waals surface area contributed by atoms with Gasteiger partial charge in [-0.05, 0) is 37.7 Å². The Morgan fingerprint density at radius 2 is 1.93 bits per heavy atom. The average molecular weight is 379 g/mol. The van der Waals surface area contributed by atoms with Crippen molar-refractivity contribution in [3.05, 3.63) is 35.9 Å². The van der Waals surface area contributed by atoms with Gasteiger partial charge in [0.1, 0.15) is 6.61 Å². The Balaban J connectivity index is 1.66. The molecule has 1 aromatic carbocycles. The van der Waals surface area contributed by atoms with Crippen molar-refractivity contribution >= 4 is 0 Å². The lowest BCUT2D eigenvalue weighted by Crippen LogP contribution is -2.44. The zero-order chi connectivity index (χ0) is 19.2. The Kier molecular flexibility index (Phi) is 7.29. The molecular weight excluding hydrogens is 344 g/mol. The summed E-state index contributed by atoms with van der Waals surface area (Å²) in [5.74, 6) is -0.291. The van der Waals surface area contributed by atoms with E-state index in [1.54, 1.807) is 0 Å². The van der Waals surface area contributed by atoms with Crippen molar-refractivity contribution in [2.75, 3.05) is 26.4 Å². The molecule has 1 N–H and O–H groups in total. The lowest BCUT2D eigenvalue weighted by molar-refractivity contribution is -0.215. The van der Waals surface area contributed by atoms with Crippen LogP contribution in [0.5, 0.6) is 0 Å². The zero-order valence-corrected chi connectivity index (χ0v) is 16.7. The quantitative estimate of drug-likeness (QED) is 0.748. The average Bonchev–Trinajstić information content (AvgIpc) is 3.11. The molecule has 0 saturated carbocycles. The highest BCUT2D eigenvalue weighted by Crippen LogP contribution is 2.38. The molecule has 2 aliphatic rings. The predicted molar refractivity (Wildman–Crippen MR) is 103 cm³/mol. The van der Waals surface area contributed by atoms with Gasteiger partial charge in [-0.3, -0.25) is 0 Å². The Morgan fingerprint density at radius 1 is 1.19 bits per heavy atom. The first-order chi connectivity index (χ1) is 13.1. The van der Waals surface area contributed by atoms with E-state index in [1.807, 2.05) is 18.2 Å². The highest BCUT2D eigenvalue weighted by molar-refractivity contribution is 5.13. The fraction of sp³-hybridized carbons (Fsp3) is 0.727. The second-order valence-corrected chi connectivity index (χ2v) is 8.21. The number of aliphatic hydroxyl groups is 1. The van der Waals surface area contributed by atoms with Gasteiger partial charge in [0.25, 0.3) is 0 Å². The van der Waals surface area contributed by atoms with Crippen LogP contribution in [0.2, 0.25) is 0 Å². The van der Waals surface area contributed by atoms with E-state index in [0.717, 1.165) is 32.1 Å². The van der Waals surface area contributed by atoms with Gasteiger partial charge in [0.2, 0.25) is 0 Å². The molecule has 2 heterocycles. The largest absolute Gasteiger partial charge is 0.396 e. The van der Waals surface area contributed by atoms with E-state index in [-0.39, 0.29) is 18.3 Å². The molecule has 2 aliphatic heterocycles. The second-order valence-electron chi connectivity index (χ2n) is 8.21. The van der Waals surface area contributed by atoms with Gasteiger partial charge in [-0.15, -0.1) is 0 Å². The molecule has 2 saturated heterocycles. The van der Waals surface area contributed by atoms with Gasteiger partial charge in [-0.25, -0.2) is 0 Å². The molecule has 5 nitrogen and oxygen atoms in total. The smallest absolute Gasteiger partial charge is 0.192 e. The van der Waals surface area contributed by atoms with Crippen LogP contribution in [0.15, 0.2) is 30.3 Å². The third kappa shape index (κ3) is 5.52. The fourth-order valence-electron chi connectivity index (χ4n) is 3.98. The summed E-state index contributed by atoms with van der Waals surface area (Å²) in [5.41, 5.74) is 0.782. The van der Waals surface area contributed by atoms with Crippen LogP contribution >= 0.6 is 0 Å². The predicted octanol–water partition coefficient (Wildman–Crippen LogP) is 3.68. The third-order valence-electron chi connectivity index (χ3n) is 5.88. The van der Waals surface area contributed by atoms with Crippen molar-refractivity contribution in [1.29, 1.82) is 0 Å². The topological polar surface area (TPSA) is 57.2 Å². The summed E-state index contributed by atoms with van der Waals surface area (Å²) in [6, 6.07) is 10.3. The third-order valence-corrected chi connectivity index (χ3v) is 5.88. The molecule has 5 heteroatoms. The molecule has 0 aliphatic carbocycles. The molecular formula is C22H34O5. The molecule has 3 unspecified atom stereocenters. The van der Waals surface area contributed by atoms with Crippen LogP contribution in [-0.2, 0) is 25.6 Å². The molecule has 2 fully saturated rings.